The molecule has 0 unspecified atom stereocenters. The summed E-state index contributed by atoms with van der Waals surface area (Å²) in [5.41, 5.74) is 2.21. The number of carbonyl (C=O) groups is 1. The van der Waals surface area contributed by atoms with Gasteiger partial charge in [-0.15, -0.1) is 0 Å². The van der Waals surface area contributed by atoms with E-state index < -0.39 is 0 Å². The molecule has 5 nitrogen and oxygen atoms in total. The zero-order valence-electron chi connectivity index (χ0n) is 14.2. The van der Waals surface area contributed by atoms with Crippen LogP contribution in [-0.4, -0.2) is 20.7 Å². The van der Waals surface area contributed by atoms with E-state index >= 15 is 0 Å². The molecule has 0 fully saturated rings. The molecule has 0 radical (unpaired) electrons. The van der Waals surface area contributed by atoms with Crippen molar-refractivity contribution in [2.75, 3.05) is 5.32 Å². The molecule has 0 bridgehead atoms. The molecule has 4 aromatic rings. The van der Waals surface area contributed by atoms with Crippen LogP contribution in [0.25, 0.3) is 21.9 Å². The Labute approximate surface area is 155 Å². The molecule has 6 heteroatoms. The molecule has 0 aliphatic rings. The quantitative estimate of drug-likeness (QED) is 0.560. The van der Waals surface area contributed by atoms with Crippen molar-refractivity contribution in [1.29, 1.82) is 0 Å². The minimum absolute atomic E-state index is 0.224. The normalized spacial score (nSPS) is 11.2. The second-order valence-electron chi connectivity index (χ2n) is 6.09. The Hall–Kier alpha value is -2.92. The van der Waals surface area contributed by atoms with Gasteiger partial charge in [0.05, 0.1) is 10.9 Å². The number of anilines is 1. The van der Waals surface area contributed by atoms with E-state index in [1.807, 2.05) is 35.0 Å². The first-order valence-corrected chi connectivity index (χ1v) is 8.86. The van der Waals surface area contributed by atoms with Crippen LogP contribution in [-0.2, 0) is 6.54 Å². The van der Waals surface area contributed by atoms with Gasteiger partial charge in [0.1, 0.15) is 0 Å². The first kappa shape index (κ1) is 16.5. The lowest BCUT2D eigenvalue weighted by Crippen LogP contribution is -2.12. The van der Waals surface area contributed by atoms with Crippen LogP contribution >= 0.6 is 11.6 Å². The number of carbonyl (C=O) groups excluding carboxylic acids is 1. The standard InChI is InChI=1S/C20H17ClN4O/c1-2-11-25-19-16(12-14-5-3-4-6-17(14)22-19)18(24-25)23-20(26)13-7-9-15(21)10-8-13/h3-10,12H,2,11H2,1H3,(H,23,24,26). The summed E-state index contributed by atoms with van der Waals surface area (Å²) in [6, 6.07) is 16.7. The van der Waals surface area contributed by atoms with Gasteiger partial charge in [0.15, 0.2) is 11.5 Å². The van der Waals surface area contributed by atoms with E-state index in [1.165, 1.54) is 0 Å². The number of para-hydroxylation sites is 1. The minimum atomic E-state index is -0.224. The van der Waals surface area contributed by atoms with Gasteiger partial charge >= 0.3 is 0 Å². The van der Waals surface area contributed by atoms with Crippen molar-refractivity contribution in [1.82, 2.24) is 14.8 Å². The summed E-state index contributed by atoms with van der Waals surface area (Å²) in [5, 5.41) is 9.93. The Morgan fingerprint density at radius 2 is 1.92 bits per heavy atom. The van der Waals surface area contributed by atoms with Crippen LogP contribution in [0, 0.1) is 0 Å². The van der Waals surface area contributed by atoms with E-state index in [0.717, 1.165) is 34.9 Å². The largest absolute Gasteiger partial charge is 0.305 e. The number of amides is 1. The summed E-state index contributed by atoms with van der Waals surface area (Å²) in [4.78, 5) is 17.3. The number of hydrogen-bond acceptors (Lipinski definition) is 3. The van der Waals surface area contributed by atoms with E-state index in [4.69, 9.17) is 16.6 Å². The van der Waals surface area contributed by atoms with E-state index in [2.05, 4.69) is 17.3 Å². The number of halogens is 1. The van der Waals surface area contributed by atoms with Gasteiger partial charge in [-0.1, -0.05) is 36.7 Å². The van der Waals surface area contributed by atoms with Gasteiger partial charge in [0.25, 0.3) is 5.91 Å². The lowest BCUT2D eigenvalue weighted by atomic mass is 10.2. The summed E-state index contributed by atoms with van der Waals surface area (Å²) >= 11 is 5.89. The van der Waals surface area contributed by atoms with Gasteiger partial charge in [-0.25, -0.2) is 9.67 Å². The molecule has 0 saturated heterocycles. The first-order chi connectivity index (χ1) is 12.7. The highest BCUT2D eigenvalue weighted by molar-refractivity contribution is 6.30. The van der Waals surface area contributed by atoms with Crippen LogP contribution < -0.4 is 5.32 Å². The van der Waals surface area contributed by atoms with E-state index in [1.54, 1.807) is 24.3 Å². The molecule has 0 aliphatic heterocycles. The van der Waals surface area contributed by atoms with E-state index in [-0.39, 0.29) is 5.91 Å². The van der Waals surface area contributed by atoms with E-state index in [0.29, 0.717) is 16.4 Å². The Morgan fingerprint density at radius 3 is 2.69 bits per heavy atom. The minimum Gasteiger partial charge on any atom is -0.305 e. The molecular formula is C20H17ClN4O. The predicted molar refractivity (Wildman–Crippen MR) is 105 cm³/mol. The second kappa shape index (κ2) is 6.77. The second-order valence-corrected chi connectivity index (χ2v) is 6.52. The summed E-state index contributed by atoms with van der Waals surface area (Å²) in [6.07, 6.45) is 0.926. The number of nitrogens with zero attached hydrogens (tertiary/aromatic N) is 3. The number of fused-ring (bicyclic) bond motifs is 2. The summed E-state index contributed by atoms with van der Waals surface area (Å²) in [6.45, 7) is 2.82. The molecule has 26 heavy (non-hydrogen) atoms. The molecular weight excluding hydrogens is 348 g/mol. The predicted octanol–water partition coefficient (Wildman–Crippen LogP) is 4.90. The molecule has 0 aliphatic carbocycles. The number of nitrogens with one attached hydrogen (secondary N) is 1. The fourth-order valence-corrected chi connectivity index (χ4v) is 3.07. The van der Waals surface area contributed by atoms with Crippen molar-refractivity contribution in [3.63, 3.8) is 0 Å². The third kappa shape index (κ3) is 3.02. The molecule has 2 heterocycles. The molecule has 2 aromatic carbocycles. The van der Waals surface area contributed by atoms with Crippen molar-refractivity contribution >= 4 is 45.3 Å². The maximum Gasteiger partial charge on any atom is 0.256 e. The first-order valence-electron chi connectivity index (χ1n) is 8.49. The van der Waals surface area contributed by atoms with Gasteiger partial charge in [-0.2, -0.15) is 5.10 Å². The molecule has 1 N–H and O–H groups in total. The highest BCUT2D eigenvalue weighted by Gasteiger charge is 2.16. The maximum absolute atomic E-state index is 12.6. The SMILES string of the molecule is CCCn1nc(NC(=O)c2ccc(Cl)cc2)c2cc3ccccc3nc21. The van der Waals surface area contributed by atoms with Gasteiger partial charge < -0.3 is 5.32 Å². The Balaban J connectivity index is 1.79. The van der Waals surface area contributed by atoms with Crippen molar-refractivity contribution < 1.29 is 4.79 Å². The van der Waals surface area contributed by atoms with Gasteiger partial charge in [0.2, 0.25) is 0 Å². The molecule has 0 spiro atoms. The Morgan fingerprint density at radius 1 is 1.15 bits per heavy atom. The zero-order valence-corrected chi connectivity index (χ0v) is 15.0. The average Bonchev–Trinajstić information content (AvgIpc) is 2.97. The fourth-order valence-electron chi connectivity index (χ4n) is 2.94. The highest BCUT2D eigenvalue weighted by Crippen LogP contribution is 2.26. The van der Waals surface area contributed by atoms with Crippen LogP contribution in [0.4, 0.5) is 5.82 Å². The number of aryl methyl sites for hydroxylation is 1. The van der Waals surface area contributed by atoms with Crippen LogP contribution in [0.1, 0.15) is 23.7 Å². The molecule has 130 valence electrons. The summed E-state index contributed by atoms with van der Waals surface area (Å²) < 4.78 is 1.85. The van der Waals surface area contributed by atoms with Gasteiger partial charge in [0, 0.05) is 22.5 Å². The number of aromatic nitrogens is 3. The monoisotopic (exact) mass is 364 g/mol. The van der Waals surface area contributed by atoms with Crippen LogP contribution in [0.3, 0.4) is 0 Å². The van der Waals surface area contributed by atoms with Crippen molar-refractivity contribution in [2.45, 2.75) is 19.9 Å². The van der Waals surface area contributed by atoms with Crippen molar-refractivity contribution in [3.05, 3.63) is 65.2 Å². The molecule has 1 amide bonds. The summed E-state index contributed by atoms with van der Waals surface area (Å²) in [7, 11) is 0. The lowest BCUT2D eigenvalue weighted by molar-refractivity contribution is 0.102. The average molecular weight is 365 g/mol. The lowest BCUT2D eigenvalue weighted by Gasteiger charge is -2.03. The number of rotatable bonds is 4. The van der Waals surface area contributed by atoms with Crippen LogP contribution in [0.5, 0.6) is 0 Å². The van der Waals surface area contributed by atoms with Crippen molar-refractivity contribution in [3.8, 4) is 0 Å². The number of benzene rings is 2. The summed E-state index contributed by atoms with van der Waals surface area (Å²) in [5.74, 6) is 0.296. The topological polar surface area (TPSA) is 59.8 Å². The third-order valence-electron chi connectivity index (χ3n) is 4.20. The number of hydrogen-bond donors (Lipinski definition) is 1. The molecule has 2 aromatic heterocycles. The van der Waals surface area contributed by atoms with Gasteiger partial charge in [-0.3, -0.25) is 4.79 Å². The molecule has 4 rings (SSSR count). The van der Waals surface area contributed by atoms with Crippen molar-refractivity contribution in [2.24, 2.45) is 0 Å². The number of pyridine rings is 1. The Bertz CT molecular complexity index is 1100. The third-order valence-corrected chi connectivity index (χ3v) is 4.45. The van der Waals surface area contributed by atoms with Crippen LogP contribution in [0.2, 0.25) is 5.02 Å². The fraction of sp³-hybridized carbons (Fsp3) is 0.150. The van der Waals surface area contributed by atoms with E-state index in [9.17, 15) is 4.79 Å². The smallest absolute Gasteiger partial charge is 0.256 e. The molecule has 0 atom stereocenters. The maximum atomic E-state index is 12.6. The highest BCUT2D eigenvalue weighted by atomic mass is 35.5. The van der Waals surface area contributed by atoms with Crippen LogP contribution in [0.15, 0.2) is 54.6 Å². The zero-order chi connectivity index (χ0) is 18.1. The Kier molecular flexibility index (Phi) is 4.31. The molecule has 0 saturated carbocycles. The van der Waals surface area contributed by atoms with Gasteiger partial charge in [-0.05, 0) is 42.8 Å².